The molecule has 7 nitrogen and oxygen atoms in total. The molecule has 4 aromatic heterocycles. The number of amides is 1. The van der Waals surface area contributed by atoms with Gasteiger partial charge in [-0.25, -0.2) is 15.0 Å². The highest BCUT2D eigenvalue weighted by Crippen LogP contribution is 2.25. The summed E-state index contributed by atoms with van der Waals surface area (Å²) in [7, 11) is 0. The van der Waals surface area contributed by atoms with Gasteiger partial charge in [0, 0.05) is 18.0 Å². The highest BCUT2D eigenvalue weighted by atomic mass is 16.1. The van der Waals surface area contributed by atoms with E-state index in [0.29, 0.717) is 22.9 Å². The van der Waals surface area contributed by atoms with E-state index in [1.54, 1.807) is 36.7 Å². The van der Waals surface area contributed by atoms with Gasteiger partial charge in [0.2, 0.25) is 0 Å². The Kier molecular flexibility index (Phi) is 3.66. The molecule has 0 fully saturated rings. The number of nitrogens with zero attached hydrogens (tertiary/aromatic N) is 4. The molecule has 4 aromatic rings. The first kappa shape index (κ1) is 14.9. The van der Waals surface area contributed by atoms with Crippen molar-refractivity contribution in [3.8, 4) is 11.3 Å². The quantitative estimate of drug-likeness (QED) is 0.602. The predicted molar refractivity (Wildman–Crippen MR) is 94.0 cm³/mol. The summed E-state index contributed by atoms with van der Waals surface area (Å²) in [6.45, 7) is 1.89. The molecule has 0 atom stereocenters. The molecule has 4 heterocycles. The monoisotopic (exact) mass is 330 g/mol. The zero-order valence-electron chi connectivity index (χ0n) is 13.4. The molecule has 2 N–H and O–H groups in total. The third-order valence-corrected chi connectivity index (χ3v) is 3.67. The third kappa shape index (κ3) is 2.94. The fourth-order valence-corrected chi connectivity index (χ4v) is 2.51. The summed E-state index contributed by atoms with van der Waals surface area (Å²) in [6.07, 6.45) is 5.10. The van der Waals surface area contributed by atoms with Crippen molar-refractivity contribution in [1.29, 1.82) is 0 Å². The largest absolute Gasteiger partial charge is 0.344 e. The minimum absolute atomic E-state index is 0.306. The Hall–Kier alpha value is -3.61. The molecule has 0 saturated carbocycles. The first-order valence-corrected chi connectivity index (χ1v) is 7.71. The lowest BCUT2D eigenvalue weighted by molar-refractivity contribution is 0.102. The van der Waals surface area contributed by atoms with Crippen LogP contribution in [-0.2, 0) is 0 Å². The second-order valence-electron chi connectivity index (χ2n) is 5.49. The summed E-state index contributed by atoms with van der Waals surface area (Å²) >= 11 is 0. The lowest BCUT2D eigenvalue weighted by Gasteiger charge is -2.06. The number of nitrogens with one attached hydrogen (secondary N) is 2. The van der Waals surface area contributed by atoms with Crippen LogP contribution in [0.5, 0.6) is 0 Å². The molecule has 122 valence electrons. The number of aromatic amines is 1. The number of fused-ring (bicyclic) bond motifs is 1. The summed E-state index contributed by atoms with van der Waals surface area (Å²) < 4.78 is 0. The molecule has 0 saturated heterocycles. The summed E-state index contributed by atoms with van der Waals surface area (Å²) in [5.74, 6) is 0.142. The van der Waals surface area contributed by atoms with E-state index in [-0.39, 0.29) is 5.91 Å². The molecule has 7 heteroatoms. The van der Waals surface area contributed by atoms with Crippen LogP contribution in [0.1, 0.15) is 16.2 Å². The van der Waals surface area contributed by atoms with Crippen LogP contribution in [0, 0.1) is 6.92 Å². The fourth-order valence-electron chi connectivity index (χ4n) is 2.51. The zero-order valence-corrected chi connectivity index (χ0v) is 13.4. The molecule has 0 radical (unpaired) electrons. The van der Waals surface area contributed by atoms with Gasteiger partial charge < -0.3 is 10.3 Å². The van der Waals surface area contributed by atoms with E-state index in [1.165, 1.54) is 0 Å². The average molecular weight is 330 g/mol. The van der Waals surface area contributed by atoms with Crippen molar-refractivity contribution >= 4 is 22.9 Å². The van der Waals surface area contributed by atoms with E-state index in [2.05, 4.69) is 30.2 Å². The Morgan fingerprint density at radius 3 is 2.84 bits per heavy atom. The highest BCUT2D eigenvalue weighted by molar-refractivity contribution is 6.02. The van der Waals surface area contributed by atoms with E-state index >= 15 is 0 Å². The average Bonchev–Trinajstić information content (AvgIpc) is 3.05. The Labute approximate surface area is 143 Å². The van der Waals surface area contributed by atoms with Crippen LogP contribution in [0.3, 0.4) is 0 Å². The van der Waals surface area contributed by atoms with Crippen molar-refractivity contribution < 1.29 is 4.79 Å². The second-order valence-corrected chi connectivity index (χ2v) is 5.49. The van der Waals surface area contributed by atoms with Crippen molar-refractivity contribution in [3.05, 3.63) is 66.4 Å². The number of carbonyl (C=O) groups is 1. The number of aryl methyl sites for hydroxylation is 1. The molecular formula is C18H14N6O. The van der Waals surface area contributed by atoms with E-state index in [4.69, 9.17) is 0 Å². The normalized spacial score (nSPS) is 10.8. The van der Waals surface area contributed by atoms with Crippen LogP contribution < -0.4 is 5.32 Å². The van der Waals surface area contributed by atoms with Gasteiger partial charge in [0.1, 0.15) is 17.0 Å². The van der Waals surface area contributed by atoms with Gasteiger partial charge in [-0.05, 0) is 31.2 Å². The van der Waals surface area contributed by atoms with E-state index in [9.17, 15) is 4.79 Å². The topological polar surface area (TPSA) is 96.5 Å². The highest BCUT2D eigenvalue weighted by Gasteiger charge is 2.12. The van der Waals surface area contributed by atoms with Gasteiger partial charge in [0.25, 0.3) is 5.91 Å². The number of H-pyrrole nitrogens is 1. The molecule has 1 amide bonds. The second kappa shape index (κ2) is 6.12. The number of anilines is 1. The molecule has 0 spiro atoms. The van der Waals surface area contributed by atoms with Gasteiger partial charge in [-0.2, -0.15) is 0 Å². The van der Waals surface area contributed by atoms with E-state index in [0.717, 1.165) is 16.8 Å². The molecule has 0 unspecified atom stereocenters. The maximum Gasteiger partial charge on any atom is 0.275 e. The smallest absolute Gasteiger partial charge is 0.275 e. The van der Waals surface area contributed by atoms with Crippen molar-refractivity contribution in [2.75, 3.05) is 5.32 Å². The Balaban J connectivity index is 1.67. The number of hydrogen-bond acceptors (Lipinski definition) is 5. The Bertz CT molecular complexity index is 1060. The lowest BCUT2D eigenvalue weighted by Crippen LogP contribution is -2.14. The molecule has 0 aliphatic carbocycles. The van der Waals surface area contributed by atoms with Crippen LogP contribution in [0.25, 0.3) is 22.4 Å². The molecule has 0 aliphatic rings. The van der Waals surface area contributed by atoms with Gasteiger partial charge in [0.15, 0.2) is 5.65 Å². The Morgan fingerprint density at radius 1 is 1.08 bits per heavy atom. The van der Waals surface area contributed by atoms with Crippen LogP contribution in [-0.4, -0.2) is 30.8 Å². The van der Waals surface area contributed by atoms with Gasteiger partial charge in [-0.3, -0.25) is 9.78 Å². The summed E-state index contributed by atoms with van der Waals surface area (Å²) in [5, 5.41) is 2.76. The molecule has 0 bridgehead atoms. The van der Waals surface area contributed by atoms with Gasteiger partial charge >= 0.3 is 0 Å². The lowest BCUT2D eigenvalue weighted by atomic mass is 10.2. The van der Waals surface area contributed by atoms with Crippen molar-refractivity contribution in [2.24, 2.45) is 0 Å². The molecular weight excluding hydrogens is 316 g/mol. The maximum atomic E-state index is 12.2. The first-order valence-electron chi connectivity index (χ1n) is 7.71. The van der Waals surface area contributed by atoms with Gasteiger partial charge in [-0.1, -0.05) is 12.1 Å². The number of rotatable bonds is 3. The van der Waals surface area contributed by atoms with Crippen molar-refractivity contribution in [1.82, 2.24) is 24.9 Å². The van der Waals surface area contributed by atoms with Crippen LogP contribution in [0.4, 0.5) is 5.82 Å². The van der Waals surface area contributed by atoms with E-state index in [1.807, 2.05) is 25.3 Å². The number of pyridine rings is 2. The van der Waals surface area contributed by atoms with Crippen LogP contribution >= 0.6 is 0 Å². The molecule has 25 heavy (non-hydrogen) atoms. The summed E-state index contributed by atoms with van der Waals surface area (Å²) in [5.41, 5.74) is 4.15. The third-order valence-electron chi connectivity index (χ3n) is 3.67. The fraction of sp³-hybridized carbons (Fsp3) is 0.0556. The molecule has 0 aliphatic heterocycles. The SMILES string of the molecule is Cc1cnc2[nH]cc(-c3cccc(NC(=O)c4ccccn4)n3)c2n1. The van der Waals surface area contributed by atoms with Crippen molar-refractivity contribution in [2.45, 2.75) is 6.92 Å². The van der Waals surface area contributed by atoms with Crippen molar-refractivity contribution in [3.63, 3.8) is 0 Å². The minimum Gasteiger partial charge on any atom is -0.344 e. The maximum absolute atomic E-state index is 12.2. The minimum atomic E-state index is -0.306. The van der Waals surface area contributed by atoms with Gasteiger partial charge in [0.05, 0.1) is 17.6 Å². The van der Waals surface area contributed by atoms with Crippen LogP contribution in [0.2, 0.25) is 0 Å². The number of hydrogen-bond donors (Lipinski definition) is 2. The first-order chi connectivity index (χ1) is 12.2. The summed E-state index contributed by atoms with van der Waals surface area (Å²) in [6, 6.07) is 10.6. The predicted octanol–water partition coefficient (Wildman–Crippen LogP) is 2.98. The number of aromatic nitrogens is 5. The van der Waals surface area contributed by atoms with Crippen LogP contribution in [0.15, 0.2) is 55.0 Å². The Morgan fingerprint density at radius 2 is 2.00 bits per heavy atom. The zero-order chi connectivity index (χ0) is 17.2. The molecule has 4 rings (SSSR count). The number of carbonyl (C=O) groups excluding carboxylic acids is 1. The van der Waals surface area contributed by atoms with E-state index < -0.39 is 0 Å². The standard InChI is InChI=1S/C18H14N6O/c1-11-9-20-17-16(22-11)12(10-21-17)13-6-4-7-15(23-13)24-18(25)14-5-2-3-8-19-14/h2-10H,1H3,(H,20,21)(H,23,24,25). The van der Waals surface area contributed by atoms with Gasteiger partial charge in [-0.15, -0.1) is 0 Å². The summed E-state index contributed by atoms with van der Waals surface area (Å²) in [4.78, 5) is 32.7. The molecule has 0 aromatic carbocycles.